The molecule has 8 rings (SSSR count). The monoisotopic (exact) mass is 681 g/mol. The Morgan fingerprint density at radius 1 is 0.940 bits per heavy atom. The van der Waals surface area contributed by atoms with E-state index in [0.717, 1.165) is 99.9 Å². The van der Waals surface area contributed by atoms with Gasteiger partial charge in [-0.1, -0.05) is 19.1 Å². The Bertz CT molecular complexity index is 1690. The number of pyridine rings is 1. The minimum Gasteiger partial charge on any atom is -0.496 e. The predicted octanol–water partition coefficient (Wildman–Crippen LogP) is 8.29. The molecule has 1 saturated heterocycles. The molecule has 4 aliphatic carbocycles. The highest BCUT2D eigenvalue weighted by molar-refractivity contribution is 5.95. The van der Waals surface area contributed by atoms with Gasteiger partial charge in [0.2, 0.25) is 5.91 Å². The SMILES string of the molecule is COc1ccc(C23CCC(CN(C(=O)C4CCC(OC(=O)N5CC(C)C5)CC4)c4cncc(-c5cnn(C(C)(C)C)c5)c4)(CC2)CC3)cc1C. The minimum absolute atomic E-state index is 0.0765. The molecule has 9 nitrogen and oxygen atoms in total. The Labute approximate surface area is 297 Å². The number of likely N-dealkylation sites (tertiary alicyclic amines) is 1. The van der Waals surface area contributed by atoms with Crippen molar-refractivity contribution < 1.29 is 19.1 Å². The summed E-state index contributed by atoms with van der Waals surface area (Å²) in [6.45, 7) is 12.9. The van der Waals surface area contributed by atoms with Gasteiger partial charge in [-0.15, -0.1) is 0 Å². The molecule has 0 unspecified atom stereocenters. The van der Waals surface area contributed by atoms with Crippen molar-refractivity contribution in [2.75, 3.05) is 31.6 Å². The maximum Gasteiger partial charge on any atom is 0.410 e. The second-order valence-corrected chi connectivity index (χ2v) is 17.0. The third-order valence-electron chi connectivity index (χ3n) is 12.4. The lowest BCUT2D eigenvalue weighted by Crippen LogP contribution is -2.52. The number of ether oxygens (including phenoxy) is 2. The van der Waals surface area contributed by atoms with Crippen LogP contribution in [0.5, 0.6) is 5.75 Å². The van der Waals surface area contributed by atoms with Crippen LogP contribution in [0, 0.1) is 24.2 Å². The van der Waals surface area contributed by atoms with Gasteiger partial charge >= 0.3 is 6.09 Å². The van der Waals surface area contributed by atoms with E-state index in [2.05, 4.69) is 80.1 Å². The van der Waals surface area contributed by atoms with E-state index in [-0.39, 0.29) is 40.4 Å². The summed E-state index contributed by atoms with van der Waals surface area (Å²) >= 11 is 0. The third-order valence-corrected chi connectivity index (χ3v) is 12.4. The van der Waals surface area contributed by atoms with Crippen LogP contribution in [0.1, 0.15) is 103 Å². The van der Waals surface area contributed by atoms with Crippen LogP contribution in [0.3, 0.4) is 0 Å². The number of carbonyl (C=O) groups excluding carboxylic acids is 2. The van der Waals surface area contributed by atoms with Gasteiger partial charge in [-0.2, -0.15) is 5.10 Å². The van der Waals surface area contributed by atoms with Crippen LogP contribution in [-0.2, 0) is 20.5 Å². The Morgan fingerprint density at radius 3 is 2.24 bits per heavy atom. The van der Waals surface area contributed by atoms with Gasteiger partial charge in [-0.3, -0.25) is 14.5 Å². The minimum atomic E-state index is -0.202. The van der Waals surface area contributed by atoms with E-state index in [9.17, 15) is 9.59 Å². The summed E-state index contributed by atoms with van der Waals surface area (Å²) in [5.41, 5.74) is 5.59. The van der Waals surface area contributed by atoms with E-state index in [1.807, 2.05) is 23.3 Å². The van der Waals surface area contributed by atoms with Crippen molar-refractivity contribution in [3.05, 3.63) is 60.2 Å². The lowest BCUT2D eigenvalue weighted by Gasteiger charge is -2.55. The highest BCUT2D eigenvalue weighted by Gasteiger charge is 2.51. The highest BCUT2D eigenvalue weighted by atomic mass is 16.6. The maximum absolute atomic E-state index is 14.7. The largest absolute Gasteiger partial charge is 0.496 e. The van der Waals surface area contributed by atoms with E-state index in [1.54, 1.807) is 12.0 Å². The third kappa shape index (κ3) is 6.76. The Morgan fingerprint density at radius 2 is 1.64 bits per heavy atom. The summed E-state index contributed by atoms with van der Waals surface area (Å²) in [7, 11) is 1.74. The zero-order chi connectivity index (χ0) is 35.3. The lowest BCUT2D eigenvalue weighted by molar-refractivity contribution is -0.124. The van der Waals surface area contributed by atoms with E-state index < -0.39 is 0 Å². The van der Waals surface area contributed by atoms with Crippen LogP contribution in [-0.4, -0.2) is 64.5 Å². The molecule has 5 aliphatic rings. The molecule has 2 bridgehead atoms. The Kier molecular flexibility index (Phi) is 9.23. The molecular formula is C41H55N5O4. The number of anilines is 1. The lowest BCUT2D eigenvalue weighted by atomic mass is 9.51. The molecule has 0 spiro atoms. The molecule has 9 heteroatoms. The van der Waals surface area contributed by atoms with E-state index in [4.69, 9.17) is 9.47 Å². The van der Waals surface area contributed by atoms with Crippen molar-refractivity contribution in [1.82, 2.24) is 19.7 Å². The smallest absolute Gasteiger partial charge is 0.410 e. The van der Waals surface area contributed by atoms with Crippen LogP contribution in [0.2, 0.25) is 0 Å². The first-order chi connectivity index (χ1) is 23.9. The number of rotatable bonds is 8. The molecule has 50 heavy (non-hydrogen) atoms. The second kappa shape index (κ2) is 13.3. The number of aryl methyl sites for hydroxylation is 1. The molecular weight excluding hydrogens is 626 g/mol. The number of amides is 2. The molecule has 1 aromatic carbocycles. The predicted molar refractivity (Wildman–Crippen MR) is 195 cm³/mol. The molecule has 1 aliphatic heterocycles. The molecule has 0 N–H and O–H groups in total. The highest BCUT2D eigenvalue weighted by Crippen LogP contribution is 2.58. The molecule has 5 fully saturated rings. The average Bonchev–Trinajstić information content (AvgIpc) is 3.62. The number of carbonyl (C=O) groups is 2. The van der Waals surface area contributed by atoms with Gasteiger partial charge in [0, 0.05) is 49.1 Å². The van der Waals surface area contributed by atoms with Crippen LogP contribution in [0.15, 0.2) is 49.1 Å². The standard InChI is InChI=1S/C41H55N5O4/c1-28-24-44(25-28)38(48)50-35-10-7-30(8-11-35)37(47)45(34-20-31(21-42-23-34)32-22-43-46(26-32)39(3,4)5)27-40-13-16-41(17-14-40,18-15-40)33-9-12-36(49-6)29(2)19-33/h9,12,19-23,26,28,30,35H,7-8,10-11,13-18,24-25,27H2,1-6H3. The zero-order valence-corrected chi connectivity index (χ0v) is 30.9. The fourth-order valence-electron chi connectivity index (χ4n) is 9.06. The van der Waals surface area contributed by atoms with E-state index >= 15 is 0 Å². The average molecular weight is 682 g/mol. The van der Waals surface area contributed by atoms with Gasteiger partial charge in [0.1, 0.15) is 11.9 Å². The second-order valence-electron chi connectivity index (χ2n) is 17.0. The van der Waals surface area contributed by atoms with E-state index in [1.165, 1.54) is 11.1 Å². The van der Waals surface area contributed by atoms with E-state index in [0.29, 0.717) is 12.5 Å². The number of hydrogen-bond acceptors (Lipinski definition) is 6. The topological polar surface area (TPSA) is 89.8 Å². The summed E-state index contributed by atoms with van der Waals surface area (Å²) < 4.78 is 13.4. The summed E-state index contributed by atoms with van der Waals surface area (Å²) in [6.07, 6.45) is 17.0. The Hall–Kier alpha value is -3.88. The summed E-state index contributed by atoms with van der Waals surface area (Å²) in [4.78, 5) is 35.9. The fraction of sp³-hybridized carbons (Fsp3) is 0.610. The first kappa shape index (κ1) is 34.6. The van der Waals surface area contributed by atoms with Gasteiger partial charge in [-0.25, -0.2) is 4.79 Å². The molecule has 3 aromatic rings. The molecule has 4 saturated carbocycles. The quantitative estimate of drug-likeness (QED) is 0.238. The van der Waals surface area contributed by atoms with Crippen molar-refractivity contribution in [3.63, 3.8) is 0 Å². The van der Waals surface area contributed by atoms with Gasteiger partial charge in [0.25, 0.3) is 0 Å². The molecule has 0 atom stereocenters. The number of aromatic nitrogens is 3. The number of methoxy groups -OCH3 is 1. The maximum atomic E-state index is 14.7. The van der Waals surface area contributed by atoms with Crippen molar-refractivity contribution >= 4 is 17.7 Å². The van der Waals surface area contributed by atoms with Crippen molar-refractivity contribution in [2.45, 2.75) is 116 Å². The van der Waals surface area contributed by atoms with Crippen LogP contribution in [0.25, 0.3) is 11.1 Å². The normalized spacial score (nSPS) is 26.7. The molecule has 3 heterocycles. The molecule has 268 valence electrons. The van der Waals surface area contributed by atoms with Gasteiger partial charge in [-0.05, 0) is 132 Å². The van der Waals surface area contributed by atoms with Gasteiger partial charge < -0.3 is 19.3 Å². The number of nitrogens with zero attached hydrogens (tertiary/aromatic N) is 5. The number of fused-ring (bicyclic) bond motifs is 3. The van der Waals surface area contributed by atoms with Crippen LogP contribution >= 0.6 is 0 Å². The van der Waals surface area contributed by atoms with Crippen LogP contribution in [0.4, 0.5) is 10.5 Å². The molecule has 0 radical (unpaired) electrons. The first-order valence-electron chi connectivity index (χ1n) is 18.8. The molecule has 2 amide bonds. The fourth-order valence-corrected chi connectivity index (χ4v) is 9.06. The summed E-state index contributed by atoms with van der Waals surface area (Å²) in [5.74, 6) is 1.56. The summed E-state index contributed by atoms with van der Waals surface area (Å²) in [6, 6.07) is 8.87. The number of hydrogen-bond donors (Lipinski definition) is 0. The van der Waals surface area contributed by atoms with Crippen molar-refractivity contribution in [2.24, 2.45) is 17.3 Å². The van der Waals surface area contributed by atoms with Gasteiger partial charge in [0.05, 0.1) is 30.7 Å². The van der Waals surface area contributed by atoms with Crippen molar-refractivity contribution in [1.29, 1.82) is 0 Å². The first-order valence-corrected chi connectivity index (χ1v) is 18.8. The Balaban J connectivity index is 1.10. The zero-order valence-electron chi connectivity index (χ0n) is 30.9. The van der Waals surface area contributed by atoms with Crippen LogP contribution < -0.4 is 9.64 Å². The number of benzene rings is 1. The molecule has 2 aromatic heterocycles. The summed E-state index contributed by atoms with van der Waals surface area (Å²) in [5, 5.41) is 4.63. The van der Waals surface area contributed by atoms with Gasteiger partial charge in [0.15, 0.2) is 0 Å². The van der Waals surface area contributed by atoms with Crippen molar-refractivity contribution in [3.8, 4) is 16.9 Å².